The molecule has 0 aliphatic heterocycles. The lowest BCUT2D eigenvalue weighted by molar-refractivity contribution is 0.0378. The monoisotopic (exact) mass is 443 g/mol. The van der Waals surface area contributed by atoms with Crippen LogP contribution >= 0.6 is 34.2 Å². The van der Waals surface area contributed by atoms with Gasteiger partial charge in [0.1, 0.15) is 0 Å². The molecule has 0 aromatic heterocycles. The Bertz CT molecular complexity index is 729. The molecule has 6 heteroatoms. The molecule has 4 nitrogen and oxygen atoms in total. The Hall–Kier alpha value is -1.60. The maximum Gasteiger partial charge on any atom is 0.338 e. The molecule has 0 bridgehead atoms. The van der Waals surface area contributed by atoms with E-state index in [1.165, 1.54) is 0 Å². The molecule has 1 N–H and O–H groups in total. The summed E-state index contributed by atoms with van der Waals surface area (Å²) in [6, 6.07) is 11.7. The van der Waals surface area contributed by atoms with E-state index in [1.807, 2.05) is 6.07 Å². The normalized spacial score (nSPS) is 10.5. The van der Waals surface area contributed by atoms with E-state index in [1.54, 1.807) is 50.2 Å². The maximum absolute atomic E-state index is 12.3. The average Bonchev–Trinajstić information content (AvgIpc) is 2.49. The SMILES string of the molecule is CC(C)OC(=O)c1ccc(NC(=O)c2cc(I)ccc2Cl)cc1. The highest BCUT2D eigenvalue weighted by Crippen LogP contribution is 2.20. The molecule has 0 saturated heterocycles. The molecule has 0 atom stereocenters. The Kier molecular flexibility index (Phi) is 6.01. The summed E-state index contributed by atoms with van der Waals surface area (Å²) in [5, 5.41) is 3.14. The molecule has 1 amide bonds. The summed E-state index contributed by atoms with van der Waals surface area (Å²) >= 11 is 8.16. The number of carbonyl (C=O) groups excluding carboxylic acids is 2. The summed E-state index contributed by atoms with van der Waals surface area (Å²) in [4.78, 5) is 24.0. The van der Waals surface area contributed by atoms with Gasteiger partial charge in [0.25, 0.3) is 5.91 Å². The first-order chi connectivity index (χ1) is 10.9. The van der Waals surface area contributed by atoms with Crippen LogP contribution in [0.4, 0.5) is 5.69 Å². The van der Waals surface area contributed by atoms with Crippen molar-refractivity contribution in [2.45, 2.75) is 20.0 Å². The third-order valence-corrected chi connectivity index (χ3v) is 3.89. The predicted molar refractivity (Wildman–Crippen MR) is 99.1 cm³/mol. The first-order valence-electron chi connectivity index (χ1n) is 6.94. The van der Waals surface area contributed by atoms with Crippen molar-refractivity contribution in [3.63, 3.8) is 0 Å². The van der Waals surface area contributed by atoms with Crippen molar-refractivity contribution in [2.24, 2.45) is 0 Å². The number of esters is 1. The molecule has 2 rings (SSSR count). The Balaban J connectivity index is 2.10. The van der Waals surface area contributed by atoms with Crippen LogP contribution in [0.3, 0.4) is 0 Å². The standard InChI is InChI=1S/C17H15ClINO3/c1-10(2)23-17(22)11-3-6-13(7-4-11)20-16(21)14-9-12(19)5-8-15(14)18/h3-10H,1-2H3,(H,20,21). The fraction of sp³-hybridized carbons (Fsp3) is 0.176. The van der Waals surface area contributed by atoms with E-state index in [0.29, 0.717) is 21.8 Å². The van der Waals surface area contributed by atoms with Crippen LogP contribution in [0.1, 0.15) is 34.6 Å². The fourth-order valence-corrected chi connectivity index (χ4v) is 2.54. The van der Waals surface area contributed by atoms with Gasteiger partial charge >= 0.3 is 5.97 Å². The number of carbonyl (C=O) groups is 2. The second kappa shape index (κ2) is 7.79. The maximum atomic E-state index is 12.3. The molecule has 0 fully saturated rings. The molecule has 0 aliphatic carbocycles. The number of hydrogen-bond donors (Lipinski definition) is 1. The summed E-state index contributed by atoms with van der Waals surface area (Å²) in [5.41, 5.74) is 1.41. The minimum Gasteiger partial charge on any atom is -0.459 e. The number of anilines is 1. The van der Waals surface area contributed by atoms with E-state index in [2.05, 4.69) is 27.9 Å². The van der Waals surface area contributed by atoms with Gasteiger partial charge in [0.15, 0.2) is 0 Å². The Morgan fingerprint density at radius 3 is 2.39 bits per heavy atom. The van der Waals surface area contributed by atoms with Crippen LogP contribution in [0.15, 0.2) is 42.5 Å². The smallest absolute Gasteiger partial charge is 0.338 e. The molecular weight excluding hydrogens is 429 g/mol. The van der Waals surface area contributed by atoms with Gasteiger partial charge in [0.2, 0.25) is 0 Å². The summed E-state index contributed by atoms with van der Waals surface area (Å²) in [6.45, 7) is 3.58. The molecule has 0 spiro atoms. The van der Waals surface area contributed by atoms with Crippen LogP contribution in [0.25, 0.3) is 0 Å². The van der Waals surface area contributed by atoms with Gasteiger partial charge in [0, 0.05) is 9.26 Å². The average molecular weight is 444 g/mol. The van der Waals surface area contributed by atoms with Crippen LogP contribution in [-0.4, -0.2) is 18.0 Å². The topological polar surface area (TPSA) is 55.4 Å². The molecule has 23 heavy (non-hydrogen) atoms. The Morgan fingerprint density at radius 2 is 1.78 bits per heavy atom. The number of rotatable bonds is 4. The molecule has 0 heterocycles. The Morgan fingerprint density at radius 1 is 1.13 bits per heavy atom. The summed E-state index contributed by atoms with van der Waals surface area (Å²) in [7, 11) is 0. The van der Waals surface area contributed by atoms with Crippen LogP contribution in [0, 0.1) is 3.57 Å². The highest BCUT2D eigenvalue weighted by Gasteiger charge is 2.12. The van der Waals surface area contributed by atoms with Gasteiger partial charge in [-0.15, -0.1) is 0 Å². The summed E-state index contributed by atoms with van der Waals surface area (Å²) < 4.78 is 6.03. The van der Waals surface area contributed by atoms with E-state index >= 15 is 0 Å². The zero-order valence-electron chi connectivity index (χ0n) is 12.6. The van der Waals surface area contributed by atoms with Gasteiger partial charge < -0.3 is 10.1 Å². The minimum absolute atomic E-state index is 0.176. The van der Waals surface area contributed by atoms with Gasteiger partial charge in [-0.3, -0.25) is 4.79 Å². The number of ether oxygens (including phenoxy) is 1. The number of benzene rings is 2. The van der Waals surface area contributed by atoms with Crippen molar-refractivity contribution in [3.05, 3.63) is 62.2 Å². The number of amides is 1. The van der Waals surface area contributed by atoms with Crippen LogP contribution in [0.2, 0.25) is 5.02 Å². The third-order valence-electron chi connectivity index (χ3n) is 2.89. The first kappa shape index (κ1) is 17.7. The van der Waals surface area contributed by atoms with Crippen molar-refractivity contribution in [1.82, 2.24) is 0 Å². The Labute approximate surface area is 153 Å². The van der Waals surface area contributed by atoms with Gasteiger partial charge in [0.05, 0.1) is 22.3 Å². The van der Waals surface area contributed by atoms with Crippen LogP contribution in [0.5, 0.6) is 0 Å². The van der Waals surface area contributed by atoms with Crippen molar-refractivity contribution >= 4 is 51.8 Å². The molecule has 2 aromatic rings. The van der Waals surface area contributed by atoms with Crippen LogP contribution < -0.4 is 5.32 Å². The van der Waals surface area contributed by atoms with E-state index < -0.39 is 5.97 Å². The highest BCUT2D eigenvalue weighted by molar-refractivity contribution is 14.1. The molecule has 2 aromatic carbocycles. The molecule has 120 valence electrons. The highest BCUT2D eigenvalue weighted by atomic mass is 127. The van der Waals surface area contributed by atoms with Crippen molar-refractivity contribution in [3.8, 4) is 0 Å². The summed E-state index contributed by atoms with van der Waals surface area (Å²) in [6.07, 6.45) is -0.176. The van der Waals surface area contributed by atoms with Gasteiger partial charge in [-0.25, -0.2) is 4.79 Å². The van der Waals surface area contributed by atoms with Gasteiger partial charge in [-0.05, 0) is 78.9 Å². The van der Waals surface area contributed by atoms with E-state index in [4.69, 9.17) is 16.3 Å². The number of nitrogens with one attached hydrogen (secondary N) is 1. The van der Waals surface area contributed by atoms with Crippen molar-refractivity contribution in [1.29, 1.82) is 0 Å². The largest absolute Gasteiger partial charge is 0.459 e. The molecule has 0 unspecified atom stereocenters. The zero-order valence-corrected chi connectivity index (χ0v) is 15.5. The van der Waals surface area contributed by atoms with Crippen molar-refractivity contribution in [2.75, 3.05) is 5.32 Å². The van der Waals surface area contributed by atoms with Gasteiger partial charge in [-0.1, -0.05) is 11.6 Å². The number of hydrogen-bond acceptors (Lipinski definition) is 3. The van der Waals surface area contributed by atoms with Crippen LogP contribution in [-0.2, 0) is 4.74 Å². The summed E-state index contributed by atoms with van der Waals surface area (Å²) in [5.74, 6) is -0.690. The van der Waals surface area contributed by atoms with E-state index in [-0.39, 0.29) is 12.0 Å². The minimum atomic E-state index is -0.390. The number of halogens is 2. The molecule has 0 radical (unpaired) electrons. The molecular formula is C17H15ClINO3. The fourth-order valence-electron chi connectivity index (χ4n) is 1.84. The lowest BCUT2D eigenvalue weighted by Crippen LogP contribution is -2.14. The van der Waals surface area contributed by atoms with Gasteiger partial charge in [-0.2, -0.15) is 0 Å². The van der Waals surface area contributed by atoms with Crippen molar-refractivity contribution < 1.29 is 14.3 Å². The lowest BCUT2D eigenvalue weighted by Gasteiger charge is -2.09. The second-order valence-electron chi connectivity index (χ2n) is 5.11. The van der Waals surface area contributed by atoms with E-state index in [0.717, 1.165) is 3.57 Å². The zero-order chi connectivity index (χ0) is 17.0. The first-order valence-corrected chi connectivity index (χ1v) is 8.40. The second-order valence-corrected chi connectivity index (χ2v) is 6.76. The lowest BCUT2D eigenvalue weighted by atomic mass is 10.2. The predicted octanol–water partition coefficient (Wildman–Crippen LogP) is 4.76. The quantitative estimate of drug-likeness (QED) is 0.547. The third kappa shape index (κ3) is 4.94. The molecule has 0 aliphatic rings. The molecule has 0 saturated carbocycles. The van der Waals surface area contributed by atoms with E-state index in [9.17, 15) is 9.59 Å².